The summed E-state index contributed by atoms with van der Waals surface area (Å²) in [4.78, 5) is 21.1. The lowest BCUT2D eigenvalue weighted by Crippen LogP contribution is -2.49. The topological polar surface area (TPSA) is 118 Å². The van der Waals surface area contributed by atoms with E-state index in [4.69, 9.17) is 23.1 Å². The number of aliphatic hydroxyl groups is 1. The third-order valence-corrected chi connectivity index (χ3v) is 5.24. The second kappa shape index (κ2) is 7.59. The number of aliphatic hydroxyl groups excluding tert-OH is 1. The number of aromatic nitrogens is 1. The van der Waals surface area contributed by atoms with Crippen LogP contribution in [0.2, 0.25) is 5.02 Å². The van der Waals surface area contributed by atoms with Crippen molar-refractivity contribution < 1.29 is 23.1 Å². The Labute approximate surface area is 163 Å². The van der Waals surface area contributed by atoms with Crippen LogP contribution in [-0.2, 0) is 4.79 Å². The number of pyridine rings is 1. The summed E-state index contributed by atoms with van der Waals surface area (Å²) >= 11 is 5.82. The third-order valence-electron chi connectivity index (χ3n) is 5.02. The molecule has 0 unspecified atom stereocenters. The van der Waals surface area contributed by atoms with Crippen molar-refractivity contribution in [2.45, 2.75) is 25.1 Å². The second-order valence-electron chi connectivity index (χ2n) is 6.76. The summed E-state index contributed by atoms with van der Waals surface area (Å²) in [6.07, 6.45) is -4.79. The molecular weight excluding hydrogens is 399 g/mol. The number of piperidine rings is 1. The number of halogens is 4. The SMILES string of the molecule is NC1=NC(=O)[C@H](O)[C@H](C(F)(F)F)C1=C(N)C1CCN(c2ccc(Cl)cn2)CC1. The van der Waals surface area contributed by atoms with Crippen molar-refractivity contribution in [1.82, 2.24) is 4.98 Å². The summed E-state index contributed by atoms with van der Waals surface area (Å²) in [5.74, 6) is -4.06. The van der Waals surface area contributed by atoms with E-state index in [0.29, 0.717) is 36.8 Å². The summed E-state index contributed by atoms with van der Waals surface area (Å²) in [6, 6.07) is 3.47. The number of amidine groups is 1. The lowest BCUT2D eigenvalue weighted by Gasteiger charge is -2.36. The molecule has 1 fully saturated rings. The predicted molar refractivity (Wildman–Crippen MR) is 97.6 cm³/mol. The van der Waals surface area contributed by atoms with E-state index >= 15 is 0 Å². The number of anilines is 1. The van der Waals surface area contributed by atoms with Crippen molar-refractivity contribution in [2.75, 3.05) is 18.0 Å². The average molecular weight is 418 g/mol. The molecule has 0 aromatic carbocycles. The number of alkyl halides is 3. The number of rotatable bonds is 2. The second-order valence-corrected chi connectivity index (χ2v) is 7.20. The fraction of sp³-hybridized carbons (Fsp3) is 0.471. The van der Waals surface area contributed by atoms with Crippen LogP contribution in [0.5, 0.6) is 0 Å². The Balaban J connectivity index is 1.84. The van der Waals surface area contributed by atoms with Crippen molar-refractivity contribution in [2.24, 2.45) is 28.3 Å². The number of carbonyl (C=O) groups is 1. The van der Waals surface area contributed by atoms with Crippen LogP contribution in [0.15, 0.2) is 34.6 Å². The first-order valence-corrected chi connectivity index (χ1v) is 8.96. The third kappa shape index (κ3) is 3.93. The Kier molecular flexibility index (Phi) is 5.53. The Morgan fingerprint density at radius 2 is 1.93 bits per heavy atom. The van der Waals surface area contributed by atoms with Crippen molar-refractivity contribution >= 4 is 29.2 Å². The van der Waals surface area contributed by atoms with Gasteiger partial charge < -0.3 is 21.5 Å². The first-order chi connectivity index (χ1) is 13.1. The lowest BCUT2D eigenvalue weighted by molar-refractivity contribution is -0.190. The van der Waals surface area contributed by atoms with Gasteiger partial charge in [-0.1, -0.05) is 11.6 Å². The van der Waals surface area contributed by atoms with Gasteiger partial charge in [0, 0.05) is 36.5 Å². The summed E-state index contributed by atoms with van der Waals surface area (Å²) in [6.45, 7) is 1.03. The van der Waals surface area contributed by atoms with Crippen LogP contribution in [0.3, 0.4) is 0 Å². The first kappa shape index (κ1) is 20.4. The minimum atomic E-state index is -4.89. The summed E-state index contributed by atoms with van der Waals surface area (Å²) < 4.78 is 40.5. The van der Waals surface area contributed by atoms with E-state index in [9.17, 15) is 23.1 Å². The normalized spacial score (nSPS) is 26.2. The molecule has 5 N–H and O–H groups in total. The van der Waals surface area contributed by atoms with E-state index < -0.39 is 41.4 Å². The minimum absolute atomic E-state index is 0.0844. The molecule has 7 nitrogen and oxygen atoms in total. The van der Waals surface area contributed by atoms with Gasteiger partial charge in [0.15, 0.2) is 6.10 Å². The van der Waals surface area contributed by atoms with Crippen LogP contribution in [0, 0.1) is 11.8 Å². The monoisotopic (exact) mass is 417 g/mol. The van der Waals surface area contributed by atoms with Crippen LogP contribution >= 0.6 is 11.6 Å². The van der Waals surface area contributed by atoms with Crippen LogP contribution in [0.4, 0.5) is 19.0 Å². The molecule has 0 saturated carbocycles. The molecule has 11 heteroatoms. The molecule has 1 aromatic rings. The fourth-order valence-electron chi connectivity index (χ4n) is 3.57. The molecule has 3 rings (SSSR count). The van der Waals surface area contributed by atoms with Gasteiger partial charge in [-0.25, -0.2) is 4.98 Å². The molecular formula is C17H19ClF3N5O2. The summed E-state index contributed by atoms with van der Waals surface area (Å²) in [7, 11) is 0. The molecule has 0 radical (unpaired) electrons. The van der Waals surface area contributed by atoms with E-state index in [0.717, 1.165) is 0 Å². The number of amides is 1. The highest BCUT2D eigenvalue weighted by molar-refractivity contribution is 6.30. The van der Waals surface area contributed by atoms with E-state index in [2.05, 4.69) is 9.98 Å². The molecule has 152 valence electrons. The zero-order valence-electron chi connectivity index (χ0n) is 14.7. The highest BCUT2D eigenvalue weighted by Crippen LogP contribution is 2.40. The highest BCUT2D eigenvalue weighted by Gasteiger charge is 2.53. The molecule has 3 heterocycles. The van der Waals surface area contributed by atoms with Crippen LogP contribution in [-0.4, -0.2) is 47.2 Å². The molecule has 0 spiro atoms. The molecule has 1 saturated heterocycles. The van der Waals surface area contributed by atoms with Crippen LogP contribution < -0.4 is 16.4 Å². The smallest absolute Gasteiger partial charge is 0.398 e. The maximum Gasteiger partial charge on any atom is 0.398 e. The van der Waals surface area contributed by atoms with Crippen molar-refractivity contribution in [3.05, 3.63) is 34.6 Å². The van der Waals surface area contributed by atoms with Gasteiger partial charge in [0.2, 0.25) is 0 Å². The number of aliphatic imine (C=N–C) groups is 1. The summed E-state index contributed by atoms with van der Waals surface area (Å²) in [5, 5.41) is 10.3. The van der Waals surface area contributed by atoms with Crippen molar-refractivity contribution in [1.29, 1.82) is 0 Å². The molecule has 0 bridgehead atoms. The molecule has 0 aliphatic carbocycles. The van der Waals surface area contributed by atoms with Gasteiger partial charge in [-0.2, -0.15) is 18.2 Å². The first-order valence-electron chi connectivity index (χ1n) is 8.58. The zero-order valence-corrected chi connectivity index (χ0v) is 15.4. The van der Waals surface area contributed by atoms with Crippen molar-refractivity contribution in [3.63, 3.8) is 0 Å². The van der Waals surface area contributed by atoms with Gasteiger partial charge in [0.1, 0.15) is 17.6 Å². The van der Waals surface area contributed by atoms with Gasteiger partial charge in [-0.3, -0.25) is 4.79 Å². The fourth-order valence-corrected chi connectivity index (χ4v) is 3.68. The average Bonchev–Trinajstić information content (AvgIpc) is 2.64. The van der Waals surface area contributed by atoms with E-state index in [1.807, 2.05) is 4.90 Å². The predicted octanol–water partition coefficient (Wildman–Crippen LogP) is 1.60. The van der Waals surface area contributed by atoms with Crippen LogP contribution in [0.25, 0.3) is 0 Å². The Morgan fingerprint density at radius 1 is 1.29 bits per heavy atom. The number of allylic oxidation sites excluding steroid dienone is 1. The van der Waals surface area contributed by atoms with Gasteiger partial charge in [-0.15, -0.1) is 0 Å². The Bertz CT molecular complexity index is 817. The van der Waals surface area contributed by atoms with E-state index in [-0.39, 0.29) is 5.70 Å². The standard InChI is InChI=1S/C17H19ClF3N5O2/c18-9-1-2-10(24-7-9)26-5-3-8(4-6-26)13(22)11-12(17(19,20)21)14(27)16(28)25-15(11)23/h1-2,7-8,12,14,27H,3-6,22H2,(H2,23,25,28)/t12-,14-/m1/s1. The van der Waals surface area contributed by atoms with E-state index in [1.54, 1.807) is 12.1 Å². The number of nitrogens with zero attached hydrogens (tertiary/aromatic N) is 3. The van der Waals surface area contributed by atoms with Crippen LogP contribution in [0.1, 0.15) is 12.8 Å². The number of nitrogens with two attached hydrogens (primary N) is 2. The number of carbonyl (C=O) groups excluding carboxylic acids is 1. The maximum absolute atomic E-state index is 13.5. The minimum Gasteiger partial charge on any atom is -0.401 e. The van der Waals surface area contributed by atoms with Gasteiger partial charge in [-0.05, 0) is 25.0 Å². The number of hydrogen-bond acceptors (Lipinski definition) is 6. The quantitative estimate of drug-likeness (QED) is 0.672. The Hall–Kier alpha value is -2.33. The largest absolute Gasteiger partial charge is 0.401 e. The van der Waals surface area contributed by atoms with Gasteiger partial charge in [0.25, 0.3) is 5.91 Å². The molecule has 1 amide bonds. The molecule has 2 aliphatic heterocycles. The Morgan fingerprint density at radius 3 is 2.46 bits per heavy atom. The van der Waals surface area contributed by atoms with Crippen molar-refractivity contribution in [3.8, 4) is 0 Å². The van der Waals surface area contributed by atoms with Gasteiger partial charge in [0.05, 0.1) is 5.02 Å². The molecule has 2 aliphatic rings. The maximum atomic E-state index is 13.5. The van der Waals surface area contributed by atoms with Gasteiger partial charge >= 0.3 is 6.18 Å². The van der Waals surface area contributed by atoms with E-state index in [1.165, 1.54) is 6.20 Å². The molecule has 1 aromatic heterocycles. The lowest BCUT2D eigenvalue weighted by atomic mass is 9.82. The molecule has 2 atom stereocenters. The summed E-state index contributed by atoms with van der Waals surface area (Å²) in [5.41, 5.74) is 11.1. The zero-order chi connectivity index (χ0) is 20.6. The number of hydrogen-bond donors (Lipinski definition) is 3. The highest BCUT2D eigenvalue weighted by atomic mass is 35.5. The molecule has 28 heavy (non-hydrogen) atoms.